The van der Waals surface area contributed by atoms with E-state index in [1.165, 1.54) is 38.4 Å². The molecule has 6 nitrogen and oxygen atoms in total. The molecule has 0 spiro atoms. The Morgan fingerprint density at radius 2 is 0.357 bits per heavy atom. The molecule has 0 aliphatic heterocycles. The quantitative estimate of drug-likeness (QED) is 0.0847. The van der Waals surface area contributed by atoms with Crippen LogP contribution in [0.4, 0.5) is 51.2 Å². The minimum Gasteiger partial charge on any atom is -0.455 e. The summed E-state index contributed by atoms with van der Waals surface area (Å²) in [4.78, 5) is 7.24. The topological polar surface area (TPSA) is 49.1 Å². The summed E-state index contributed by atoms with van der Waals surface area (Å²) in [6.07, 6.45) is 0. The Kier molecular flexibility index (Phi) is 16.1. The fourth-order valence-electron chi connectivity index (χ4n) is 17.1. The van der Waals surface area contributed by atoms with Gasteiger partial charge < -0.3 is 28.0 Å². The molecule has 0 fully saturated rings. The molecule has 0 aliphatic carbocycles. The van der Waals surface area contributed by atoms with Gasteiger partial charge in [-0.05, 0) is 130 Å². The Morgan fingerprint density at radius 3 is 0.643 bits per heavy atom. The van der Waals surface area contributed by atoms with Crippen LogP contribution in [-0.4, -0.2) is 0 Å². The van der Waals surface area contributed by atoms with E-state index in [9.17, 15) is 0 Å². The van der Waals surface area contributed by atoms with E-state index < -0.39 is 0 Å². The fourth-order valence-corrected chi connectivity index (χ4v) is 17.1. The number of benzene rings is 19. The van der Waals surface area contributed by atoms with Crippen LogP contribution in [0.5, 0.6) is 0 Å². The third kappa shape index (κ3) is 11.2. The lowest BCUT2D eigenvalue weighted by Gasteiger charge is -2.33. The van der Waals surface area contributed by atoms with Gasteiger partial charge in [-0.1, -0.05) is 328 Å². The van der Waals surface area contributed by atoms with Crippen LogP contribution in [0, 0.1) is 0 Å². The zero-order valence-electron chi connectivity index (χ0n) is 60.9. The summed E-state index contributed by atoms with van der Waals surface area (Å²) >= 11 is 0. The lowest BCUT2D eigenvalue weighted by Crippen LogP contribution is -2.14. The van der Waals surface area contributed by atoms with Crippen molar-refractivity contribution in [3.63, 3.8) is 0 Å². The lowest BCUT2D eigenvalue weighted by atomic mass is 9.90. The summed E-state index contributed by atoms with van der Waals surface area (Å²) in [5.74, 6) is 0. The molecule has 0 radical (unpaired) electrons. The molecule has 22 rings (SSSR count). The van der Waals surface area contributed by atoms with Gasteiger partial charge >= 0.3 is 0 Å². The molecule has 526 valence electrons. The normalized spacial score (nSPS) is 11.6. The standard InChI is InChI=1S/C62H40N2O2.C44H29NO/c1-3-17-43(18-4-1)63(45-37-33-41(34-38-45)47-27-15-29-55-49-21-11-13-31-57(49)65-61(47)55)59-51-23-7-9-25-53(51)60(54-26-10-8-24-52(54)59)64(44-19-5-2-6-20-44)46-39-35-42(36-40-46)48-28-16-30-56-50-22-12-14-32-58(50)66-62(48)56;1-3-14-31(15-4-1)42-36-19-7-9-21-38(36)43(39-22-10-8-20-37(39)42)45(32-16-5-2-6-17-32)33-28-26-30(27-29-33)34-23-13-24-40-35-18-11-12-25-41(35)46-44(34)40/h1-40H;1-29H. The van der Waals surface area contributed by atoms with Crippen LogP contribution in [0.3, 0.4) is 0 Å². The van der Waals surface area contributed by atoms with Gasteiger partial charge in [0.1, 0.15) is 33.5 Å². The first-order valence-electron chi connectivity index (χ1n) is 38.1. The van der Waals surface area contributed by atoms with E-state index in [0.29, 0.717) is 0 Å². The molecular formula is C106H69N3O3. The lowest BCUT2D eigenvalue weighted by molar-refractivity contribution is 0.669. The molecule has 0 N–H and O–H groups in total. The number of rotatable bonds is 13. The first-order chi connectivity index (χ1) is 55.6. The highest BCUT2D eigenvalue weighted by Gasteiger charge is 2.28. The Morgan fingerprint density at radius 1 is 0.143 bits per heavy atom. The molecule has 6 heteroatoms. The van der Waals surface area contributed by atoms with Crippen LogP contribution in [0.25, 0.3) is 153 Å². The average Bonchev–Trinajstić information content (AvgIpc) is 1.16. The SMILES string of the molecule is c1ccc(-c2c3ccccc3c(N(c3ccccc3)c3ccc(-c4cccc5c4oc4ccccc45)cc3)c3ccccc23)cc1.c1ccc(N(c2ccc(-c3cccc4c3oc3ccccc34)cc2)c2c3ccccc3c(N(c3ccccc3)c3ccc(-c4cccc5c4oc4ccccc45)cc3)c3ccccc23)cc1. The van der Waals surface area contributed by atoms with Crippen LogP contribution in [0.15, 0.2) is 432 Å². The first kappa shape index (κ1) is 65.3. The average molecular weight is 1430 g/mol. The maximum atomic E-state index is 6.48. The second kappa shape index (κ2) is 27.7. The van der Waals surface area contributed by atoms with Gasteiger partial charge in [-0.15, -0.1) is 0 Å². The van der Waals surface area contributed by atoms with Crippen molar-refractivity contribution in [3.8, 4) is 44.5 Å². The number of hydrogen-bond donors (Lipinski definition) is 0. The van der Waals surface area contributed by atoms with Gasteiger partial charge in [0.15, 0.2) is 0 Å². The third-order valence-corrected chi connectivity index (χ3v) is 22.1. The van der Waals surface area contributed by atoms with Crippen molar-refractivity contribution in [2.45, 2.75) is 0 Å². The van der Waals surface area contributed by atoms with E-state index in [1.807, 2.05) is 36.4 Å². The van der Waals surface area contributed by atoms with E-state index in [1.54, 1.807) is 0 Å². The summed E-state index contributed by atoms with van der Waals surface area (Å²) in [5.41, 5.74) is 24.3. The summed E-state index contributed by atoms with van der Waals surface area (Å²) in [6, 6.07) is 149. The Hall–Kier alpha value is -15.0. The molecule has 112 heavy (non-hydrogen) atoms. The van der Waals surface area contributed by atoms with Crippen molar-refractivity contribution in [2.75, 3.05) is 14.7 Å². The number of hydrogen-bond acceptors (Lipinski definition) is 6. The van der Waals surface area contributed by atoms with Gasteiger partial charge in [0.25, 0.3) is 0 Å². The van der Waals surface area contributed by atoms with Gasteiger partial charge in [-0.2, -0.15) is 0 Å². The maximum absolute atomic E-state index is 6.48. The molecule has 3 aromatic heterocycles. The van der Waals surface area contributed by atoms with E-state index in [-0.39, 0.29) is 0 Å². The first-order valence-corrected chi connectivity index (χ1v) is 38.1. The molecule has 0 atom stereocenters. The van der Waals surface area contributed by atoms with Crippen molar-refractivity contribution < 1.29 is 13.3 Å². The highest BCUT2D eigenvalue weighted by molar-refractivity contribution is 6.25. The minimum atomic E-state index is 0.897. The second-order valence-corrected chi connectivity index (χ2v) is 28.5. The predicted octanol–water partition coefficient (Wildman–Crippen LogP) is 30.8. The van der Waals surface area contributed by atoms with Crippen molar-refractivity contribution in [3.05, 3.63) is 419 Å². The Labute approximate surface area is 647 Å². The summed E-state index contributed by atoms with van der Waals surface area (Å²) in [5, 5.41) is 16.2. The van der Waals surface area contributed by atoms with Crippen LogP contribution < -0.4 is 14.7 Å². The van der Waals surface area contributed by atoms with Crippen LogP contribution >= 0.6 is 0 Å². The number of anilines is 9. The molecule has 0 amide bonds. The highest BCUT2D eigenvalue weighted by atomic mass is 16.3. The van der Waals surface area contributed by atoms with Crippen molar-refractivity contribution in [1.29, 1.82) is 0 Å². The molecule has 0 saturated heterocycles. The van der Waals surface area contributed by atoms with Gasteiger partial charge in [0.05, 0.1) is 17.1 Å². The van der Waals surface area contributed by atoms with E-state index >= 15 is 0 Å². The van der Waals surface area contributed by atoms with E-state index in [0.717, 1.165) is 166 Å². The number of fused-ring (bicyclic) bond motifs is 13. The zero-order valence-corrected chi connectivity index (χ0v) is 60.9. The molecule has 19 aromatic carbocycles. The minimum absolute atomic E-state index is 0.897. The van der Waals surface area contributed by atoms with Crippen LogP contribution in [-0.2, 0) is 0 Å². The van der Waals surface area contributed by atoms with Crippen LogP contribution in [0.1, 0.15) is 0 Å². The summed E-state index contributed by atoms with van der Waals surface area (Å²) in [7, 11) is 0. The van der Waals surface area contributed by atoms with Crippen LogP contribution in [0.2, 0.25) is 0 Å². The summed E-state index contributed by atoms with van der Waals surface area (Å²) in [6.45, 7) is 0. The van der Waals surface area contributed by atoms with Gasteiger partial charge in [-0.25, -0.2) is 0 Å². The molecule has 0 bridgehead atoms. The number of furan rings is 3. The van der Waals surface area contributed by atoms with Crippen molar-refractivity contribution >= 4 is 160 Å². The van der Waals surface area contributed by atoms with Crippen molar-refractivity contribution in [1.82, 2.24) is 0 Å². The fraction of sp³-hybridized carbons (Fsp3) is 0. The van der Waals surface area contributed by atoms with Crippen molar-refractivity contribution in [2.24, 2.45) is 0 Å². The molecule has 3 heterocycles. The smallest absolute Gasteiger partial charge is 0.143 e. The predicted molar refractivity (Wildman–Crippen MR) is 471 cm³/mol. The molecule has 22 aromatic rings. The second-order valence-electron chi connectivity index (χ2n) is 28.5. The van der Waals surface area contributed by atoms with Gasteiger partial charge in [-0.3, -0.25) is 0 Å². The highest BCUT2D eigenvalue weighted by Crippen LogP contribution is 2.53. The zero-order chi connectivity index (χ0) is 74.0. The van der Waals surface area contributed by atoms with Gasteiger partial charge in [0.2, 0.25) is 0 Å². The van der Waals surface area contributed by atoms with E-state index in [2.05, 4.69) is 397 Å². The summed E-state index contributed by atoms with van der Waals surface area (Å²) < 4.78 is 19.3. The molecule has 0 saturated carbocycles. The largest absolute Gasteiger partial charge is 0.455 e. The van der Waals surface area contributed by atoms with E-state index in [4.69, 9.17) is 13.3 Å². The molecule has 0 unspecified atom stereocenters. The third-order valence-electron chi connectivity index (χ3n) is 22.1. The Balaban J connectivity index is 0.000000151. The monoisotopic (exact) mass is 1430 g/mol. The number of para-hydroxylation sites is 9. The molecular weight excluding hydrogens is 1360 g/mol. The Bertz CT molecular complexity index is 6920. The molecule has 0 aliphatic rings. The maximum Gasteiger partial charge on any atom is 0.143 e. The number of nitrogens with zero attached hydrogens (tertiary/aromatic N) is 3. The van der Waals surface area contributed by atoms with Gasteiger partial charge in [0, 0.05) is 115 Å².